The van der Waals surface area contributed by atoms with Gasteiger partial charge in [-0.3, -0.25) is 4.40 Å². The Hall–Kier alpha value is -1.46. The first-order chi connectivity index (χ1) is 7.22. The Labute approximate surface area is 87.8 Å². The number of aliphatic hydroxyl groups is 1. The molecule has 0 spiro atoms. The molecule has 2 aromatic rings. The van der Waals surface area contributed by atoms with Gasteiger partial charge in [-0.25, -0.2) is 9.97 Å². The predicted molar refractivity (Wildman–Crippen MR) is 56.6 cm³/mol. The molecule has 5 nitrogen and oxygen atoms in total. The normalized spacial score (nSPS) is 13.3. The molecule has 2 rings (SSSR count). The Morgan fingerprint density at radius 1 is 1.60 bits per heavy atom. The summed E-state index contributed by atoms with van der Waals surface area (Å²) in [6.45, 7) is 2.40. The minimum atomic E-state index is -0.575. The summed E-state index contributed by atoms with van der Waals surface area (Å²) in [6, 6.07) is 1.82. The largest absolute Gasteiger partial charge is 0.385 e. The van der Waals surface area contributed by atoms with Crippen molar-refractivity contribution in [3.63, 3.8) is 0 Å². The summed E-state index contributed by atoms with van der Waals surface area (Å²) < 4.78 is 1.87. The van der Waals surface area contributed by atoms with Crippen molar-refractivity contribution in [3.05, 3.63) is 30.0 Å². The van der Waals surface area contributed by atoms with Gasteiger partial charge >= 0.3 is 0 Å². The summed E-state index contributed by atoms with van der Waals surface area (Å²) in [6.07, 6.45) is 2.96. The second-order valence-corrected chi connectivity index (χ2v) is 3.46. The summed E-state index contributed by atoms with van der Waals surface area (Å²) in [5, 5.41) is 12.7. The fourth-order valence-corrected chi connectivity index (χ4v) is 1.52. The Kier molecular flexibility index (Phi) is 2.66. The quantitative estimate of drug-likeness (QED) is 0.757. The van der Waals surface area contributed by atoms with E-state index in [1.165, 1.54) is 0 Å². The number of nitrogens with one attached hydrogen (secondary N) is 1. The highest BCUT2D eigenvalue weighted by Gasteiger charge is 2.11. The van der Waals surface area contributed by atoms with Gasteiger partial charge in [-0.1, -0.05) is 0 Å². The number of fused-ring (bicyclic) bond motifs is 1. The van der Waals surface area contributed by atoms with Gasteiger partial charge in [0.25, 0.3) is 0 Å². The van der Waals surface area contributed by atoms with Crippen LogP contribution in [0, 0.1) is 6.92 Å². The number of aromatic nitrogens is 3. The second kappa shape index (κ2) is 3.96. The van der Waals surface area contributed by atoms with Crippen molar-refractivity contribution in [3.8, 4) is 0 Å². The van der Waals surface area contributed by atoms with E-state index in [-0.39, 0.29) is 0 Å². The van der Waals surface area contributed by atoms with Gasteiger partial charge in [0.05, 0.1) is 5.69 Å². The highest BCUT2D eigenvalue weighted by atomic mass is 16.3. The summed E-state index contributed by atoms with van der Waals surface area (Å²) in [5.41, 5.74) is 1.48. The number of rotatable bonds is 3. The smallest absolute Gasteiger partial charge is 0.140 e. The fourth-order valence-electron chi connectivity index (χ4n) is 1.52. The van der Waals surface area contributed by atoms with Crippen LogP contribution in [-0.2, 0) is 0 Å². The molecule has 15 heavy (non-hydrogen) atoms. The monoisotopic (exact) mass is 206 g/mol. The number of likely N-dealkylation sites (N-methyl/N-ethyl adjacent to an activating group) is 1. The Bertz CT molecular complexity index is 465. The van der Waals surface area contributed by atoms with Crippen LogP contribution < -0.4 is 5.32 Å². The van der Waals surface area contributed by atoms with Crippen LogP contribution >= 0.6 is 0 Å². The molecule has 0 aliphatic rings. The van der Waals surface area contributed by atoms with Crippen LogP contribution in [-0.4, -0.2) is 33.1 Å². The topological polar surface area (TPSA) is 62.5 Å². The van der Waals surface area contributed by atoms with Crippen LogP contribution in [0.25, 0.3) is 5.65 Å². The van der Waals surface area contributed by atoms with Crippen molar-refractivity contribution in [2.75, 3.05) is 13.6 Å². The Morgan fingerprint density at radius 2 is 2.40 bits per heavy atom. The zero-order valence-electron chi connectivity index (χ0n) is 8.81. The van der Waals surface area contributed by atoms with Crippen molar-refractivity contribution in [2.45, 2.75) is 13.0 Å². The molecular weight excluding hydrogens is 192 g/mol. The maximum atomic E-state index is 9.75. The van der Waals surface area contributed by atoms with E-state index >= 15 is 0 Å². The first-order valence-corrected chi connectivity index (χ1v) is 4.85. The van der Waals surface area contributed by atoms with Gasteiger partial charge < -0.3 is 10.4 Å². The maximum Gasteiger partial charge on any atom is 0.140 e. The lowest BCUT2D eigenvalue weighted by Crippen LogP contribution is -2.16. The summed E-state index contributed by atoms with van der Waals surface area (Å²) in [5.74, 6) is 0.864. The minimum absolute atomic E-state index is 0.496. The zero-order valence-corrected chi connectivity index (χ0v) is 8.81. The summed E-state index contributed by atoms with van der Waals surface area (Å²) in [4.78, 5) is 8.48. The Balaban J connectivity index is 2.43. The average molecular weight is 206 g/mol. The van der Waals surface area contributed by atoms with Crippen molar-refractivity contribution < 1.29 is 5.11 Å². The molecule has 2 heterocycles. The number of aliphatic hydroxyl groups excluding tert-OH is 1. The van der Waals surface area contributed by atoms with Crippen LogP contribution in [0.4, 0.5) is 0 Å². The number of hydrogen-bond acceptors (Lipinski definition) is 4. The van der Waals surface area contributed by atoms with E-state index in [4.69, 9.17) is 0 Å². The van der Waals surface area contributed by atoms with E-state index in [0.29, 0.717) is 12.2 Å². The average Bonchev–Trinajstić information content (AvgIpc) is 2.63. The molecule has 0 amide bonds. The molecule has 0 fully saturated rings. The molecule has 0 aromatic carbocycles. The zero-order chi connectivity index (χ0) is 10.8. The van der Waals surface area contributed by atoms with E-state index in [2.05, 4.69) is 15.3 Å². The molecule has 0 bridgehead atoms. The lowest BCUT2D eigenvalue weighted by atomic mass is 10.3. The van der Waals surface area contributed by atoms with Gasteiger partial charge in [0.15, 0.2) is 0 Å². The Morgan fingerprint density at radius 3 is 3.07 bits per heavy atom. The van der Waals surface area contributed by atoms with Gasteiger partial charge in [-0.05, 0) is 20.0 Å². The molecule has 0 saturated carbocycles. The van der Waals surface area contributed by atoms with Crippen molar-refractivity contribution in [1.29, 1.82) is 0 Å². The summed E-state index contributed by atoms with van der Waals surface area (Å²) >= 11 is 0. The van der Waals surface area contributed by atoms with Crippen LogP contribution in [0.15, 0.2) is 18.5 Å². The van der Waals surface area contributed by atoms with Crippen LogP contribution in [0.2, 0.25) is 0 Å². The molecule has 1 atom stereocenters. The number of aryl methyl sites for hydroxylation is 1. The lowest BCUT2D eigenvalue weighted by molar-refractivity contribution is 0.173. The molecule has 0 radical (unpaired) electrons. The SMILES string of the molecule is CNCC(O)c1cn2c(C)nccc2n1. The first-order valence-electron chi connectivity index (χ1n) is 4.85. The van der Waals surface area contributed by atoms with Gasteiger partial charge in [-0.15, -0.1) is 0 Å². The molecular formula is C10H14N4O. The number of imidazole rings is 1. The minimum Gasteiger partial charge on any atom is -0.385 e. The van der Waals surface area contributed by atoms with Crippen LogP contribution in [0.1, 0.15) is 17.6 Å². The fraction of sp³-hybridized carbons (Fsp3) is 0.400. The highest BCUT2D eigenvalue weighted by molar-refractivity contribution is 5.39. The van der Waals surface area contributed by atoms with Crippen LogP contribution in [0.3, 0.4) is 0 Å². The molecule has 1 unspecified atom stereocenters. The third-order valence-corrected chi connectivity index (χ3v) is 2.32. The molecule has 2 aromatic heterocycles. The van der Waals surface area contributed by atoms with E-state index < -0.39 is 6.10 Å². The second-order valence-electron chi connectivity index (χ2n) is 3.46. The third kappa shape index (κ3) is 1.84. The number of hydrogen-bond donors (Lipinski definition) is 2. The standard InChI is InChI=1S/C10H14N4O/c1-7-12-4-3-10-13-8(6-14(7)10)9(15)5-11-2/h3-4,6,9,11,15H,5H2,1-2H3. The van der Waals surface area contributed by atoms with Crippen LogP contribution in [0.5, 0.6) is 0 Å². The van der Waals surface area contributed by atoms with Gasteiger partial charge in [0, 0.05) is 18.9 Å². The first kappa shape index (κ1) is 10.1. The van der Waals surface area contributed by atoms with E-state index in [9.17, 15) is 5.11 Å². The van der Waals surface area contributed by atoms with Gasteiger partial charge in [-0.2, -0.15) is 0 Å². The van der Waals surface area contributed by atoms with Crippen molar-refractivity contribution in [1.82, 2.24) is 19.7 Å². The molecule has 80 valence electrons. The summed E-state index contributed by atoms with van der Waals surface area (Å²) in [7, 11) is 1.80. The van der Waals surface area contributed by atoms with E-state index in [1.807, 2.05) is 23.6 Å². The molecule has 0 aliphatic carbocycles. The van der Waals surface area contributed by atoms with E-state index in [0.717, 1.165) is 11.5 Å². The predicted octanol–water partition coefficient (Wildman–Crippen LogP) is 0.291. The molecule has 5 heteroatoms. The lowest BCUT2D eigenvalue weighted by Gasteiger charge is -2.04. The molecule has 0 saturated heterocycles. The molecule has 2 N–H and O–H groups in total. The maximum absolute atomic E-state index is 9.75. The van der Waals surface area contributed by atoms with Crippen molar-refractivity contribution >= 4 is 5.65 Å². The third-order valence-electron chi connectivity index (χ3n) is 2.32. The van der Waals surface area contributed by atoms with Gasteiger partial charge in [0.2, 0.25) is 0 Å². The highest BCUT2D eigenvalue weighted by Crippen LogP contribution is 2.13. The number of nitrogens with zero attached hydrogens (tertiary/aromatic N) is 3. The van der Waals surface area contributed by atoms with Gasteiger partial charge in [0.1, 0.15) is 17.6 Å². The van der Waals surface area contributed by atoms with Crippen molar-refractivity contribution in [2.24, 2.45) is 0 Å². The van der Waals surface area contributed by atoms with E-state index in [1.54, 1.807) is 13.2 Å². The molecule has 0 aliphatic heterocycles.